The third-order valence-corrected chi connectivity index (χ3v) is 6.22. The molecule has 7 heteroatoms. The molecule has 0 aliphatic heterocycles. The van der Waals surface area contributed by atoms with Crippen molar-refractivity contribution in [1.82, 2.24) is 4.37 Å². The second-order valence-corrected chi connectivity index (χ2v) is 8.42. The Hall–Kier alpha value is -1.54. The molecule has 5 nitrogen and oxygen atoms in total. The van der Waals surface area contributed by atoms with Crippen molar-refractivity contribution in [3.05, 3.63) is 61.2 Å². The highest BCUT2D eigenvalue weighted by molar-refractivity contribution is 9.10. The molecule has 0 saturated carbocycles. The number of fused-ring (bicyclic) bond motifs is 1. The van der Waals surface area contributed by atoms with E-state index >= 15 is 0 Å². The van der Waals surface area contributed by atoms with Crippen molar-refractivity contribution in [2.24, 2.45) is 5.73 Å². The first-order valence-corrected chi connectivity index (χ1v) is 10.7. The first-order chi connectivity index (χ1) is 13.0. The number of hydrogen-bond acceptors (Lipinski definition) is 5. The fourth-order valence-electron chi connectivity index (χ4n) is 3.39. The summed E-state index contributed by atoms with van der Waals surface area (Å²) in [5, 5.41) is 0. The average molecular weight is 451 g/mol. The van der Waals surface area contributed by atoms with Crippen LogP contribution in [-0.4, -0.2) is 28.9 Å². The average Bonchev–Trinajstić information content (AvgIpc) is 3.05. The zero-order valence-corrected chi connectivity index (χ0v) is 17.5. The number of aromatic amines is 1. The zero-order chi connectivity index (χ0) is 19.4. The van der Waals surface area contributed by atoms with Crippen LogP contribution in [0.2, 0.25) is 0 Å². The van der Waals surface area contributed by atoms with Gasteiger partial charge in [0.25, 0.3) is 5.56 Å². The summed E-state index contributed by atoms with van der Waals surface area (Å²) in [7, 11) is 0. The summed E-state index contributed by atoms with van der Waals surface area (Å²) in [5.74, 6) is 0.142. The zero-order valence-electron chi connectivity index (χ0n) is 15.1. The number of rotatable bonds is 8. The van der Waals surface area contributed by atoms with E-state index in [0.717, 1.165) is 35.3 Å². The van der Waals surface area contributed by atoms with E-state index in [-0.39, 0.29) is 17.4 Å². The van der Waals surface area contributed by atoms with Crippen molar-refractivity contribution in [3.63, 3.8) is 0 Å². The predicted molar refractivity (Wildman–Crippen MR) is 112 cm³/mol. The molecule has 0 spiro atoms. The molecule has 1 heterocycles. The van der Waals surface area contributed by atoms with E-state index in [9.17, 15) is 9.59 Å². The first-order valence-electron chi connectivity index (χ1n) is 9.08. The van der Waals surface area contributed by atoms with Gasteiger partial charge < -0.3 is 10.5 Å². The van der Waals surface area contributed by atoms with Gasteiger partial charge in [0, 0.05) is 11.0 Å². The molecule has 144 valence electrons. The number of Topliss-reactive ketones (excluding diaryl/α,β-unsaturated/α-hetero) is 1. The van der Waals surface area contributed by atoms with Gasteiger partial charge in [0.15, 0.2) is 0 Å². The highest BCUT2D eigenvalue weighted by Gasteiger charge is 2.30. The van der Waals surface area contributed by atoms with Gasteiger partial charge in [0.05, 0.1) is 11.7 Å². The van der Waals surface area contributed by atoms with Crippen molar-refractivity contribution in [1.29, 1.82) is 0 Å². The van der Waals surface area contributed by atoms with Crippen molar-refractivity contribution in [2.75, 3.05) is 6.54 Å². The van der Waals surface area contributed by atoms with Crippen LogP contribution in [0.15, 0.2) is 39.6 Å². The Balaban J connectivity index is 1.72. The number of nitrogens with one attached hydrogen (secondary N) is 1. The maximum Gasteiger partial charge on any atom is 0.266 e. The van der Waals surface area contributed by atoms with Crippen LogP contribution in [0.1, 0.15) is 52.9 Å². The summed E-state index contributed by atoms with van der Waals surface area (Å²) in [6, 6.07) is 8.32. The minimum Gasteiger partial charge on any atom is -0.361 e. The Labute approximate surface area is 170 Å². The topological polar surface area (TPSA) is 85.2 Å². The molecule has 1 aromatic heterocycles. The Morgan fingerprint density at radius 3 is 2.70 bits per heavy atom. The van der Waals surface area contributed by atoms with Gasteiger partial charge in [0.1, 0.15) is 11.0 Å². The van der Waals surface area contributed by atoms with E-state index in [1.54, 1.807) is 12.2 Å². The van der Waals surface area contributed by atoms with Gasteiger partial charge in [-0.3, -0.25) is 14.0 Å². The van der Waals surface area contributed by atoms with Gasteiger partial charge in [-0.1, -0.05) is 52.9 Å². The monoisotopic (exact) mass is 450 g/mol. The SMILES string of the molecule is CCCC(CC(CN)OC1C=Cc2c(s[nH]c2=O)C1=O)c1ccc(Br)cc1. The molecular weight excluding hydrogens is 428 g/mol. The number of benzene rings is 1. The van der Waals surface area contributed by atoms with Gasteiger partial charge in [-0.15, -0.1) is 0 Å². The molecular formula is C20H23BrN2O3S. The van der Waals surface area contributed by atoms with Crippen LogP contribution in [0.3, 0.4) is 0 Å². The maximum atomic E-state index is 12.6. The lowest BCUT2D eigenvalue weighted by Crippen LogP contribution is -2.35. The smallest absolute Gasteiger partial charge is 0.266 e. The highest BCUT2D eigenvalue weighted by Crippen LogP contribution is 2.30. The fourth-order valence-corrected chi connectivity index (χ4v) is 4.44. The molecule has 3 N–H and O–H groups in total. The molecule has 0 saturated heterocycles. The molecule has 2 aromatic rings. The summed E-state index contributed by atoms with van der Waals surface area (Å²) in [6.07, 6.45) is 5.23. The molecule has 0 bridgehead atoms. The normalized spacial score (nSPS) is 18.3. The maximum absolute atomic E-state index is 12.6. The van der Waals surface area contributed by atoms with Crippen LogP contribution in [0, 0.1) is 0 Å². The Kier molecular flexibility index (Phi) is 6.81. The second-order valence-electron chi connectivity index (χ2n) is 6.69. The largest absolute Gasteiger partial charge is 0.361 e. The lowest BCUT2D eigenvalue weighted by atomic mass is 9.89. The molecule has 0 fully saturated rings. The van der Waals surface area contributed by atoms with Crippen LogP contribution in [0.5, 0.6) is 0 Å². The Morgan fingerprint density at radius 1 is 1.30 bits per heavy atom. The molecule has 0 amide bonds. The van der Waals surface area contributed by atoms with Crippen molar-refractivity contribution >= 4 is 39.3 Å². The van der Waals surface area contributed by atoms with Gasteiger partial charge in [-0.05, 0) is 48.6 Å². The highest BCUT2D eigenvalue weighted by atomic mass is 79.9. The van der Waals surface area contributed by atoms with Crippen LogP contribution < -0.4 is 11.3 Å². The number of carbonyl (C=O) groups excluding carboxylic acids is 1. The van der Waals surface area contributed by atoms with Crippen molar-refractivity contribution in [3.8, 4) is 0 Å². The molecule has 1 aliphatic rings. The number of carbonyl (C=O) groups is 1. The molecule has 3 atom stereocenters. The lowest BCUT2D eigenvalue weighted by molar-refractivity contribution is 0.0131. The van der Waals surface area contributed by atoms with E-state index in [0.29, 0.717) is 22.9 Å². The summed E-state index contributed by atoms with van der Waals surface area (Å²) >= 11 is 4.54. The molecule has 0 radical (unpaired) electrons. The van der Waals surface area contributed by atoms with Gasteiger partial charge in [0.2, 0.25) is 5.78 Å². The van der Waals surface area contributed by atoms with Crippen molar-refractivity contribution < 1.29 is 9.53 Å². The van der Waals surface area contributed by atoms with Crippen molar-refractivity contribution in [2.45, 2.75) is 44.3 Å². The number of ether oxygens (including phenoxy) is 1. The molecule has 27 heavy (non-hydrogen) atoms. The van der Waals surface area contributed by atoms with Crippen LogP contribution in [0.25, 0.3) is 6.08 Å². The van der Waals surface area contributed by atoms with E-state index in [1.165, 1.54) is 5.56 Å². The number of H-pyrrole nitrogens is 1. The van der Waals surface area contributed by atoms with E-state index in [2.05, 4.69) is 39.4 Å². The molecule has 3 unspecified atom stereocenters. The third kappa shape index (κ3) is 4.66. The van der Waals surface area contributed by atoms with Gasteiger partial charge in [-0.25, -0.2) is 0 Å². The van der Waals surface area contributed by atoms with Gasteiger partial charge >= 0.3 is 0 Å². The summed E-state index contributed by atoms with van der Waals surface area (Å²) < 4.78 is 9.71. The number of hydrogen-bond donors (Lipinski definition) is 2. The standard InChI is InChI=1S/C20H23BrN2O3S/c1-2-3-13(12-4-6-14(21)7-5-12)10-15(11-22)26-17-9-8-16-19(18(17)24)27-23-20(16)25/h4-9,13,15,17H,2-3,10-11,22H2,1H3,(H,23,25). The second kappa shape index (κ2) is 9.10. The third-order valence-electron chi connectivity index (χ3n) is 4.78. The van der Waals surface area contributed by atoms with E-state index < -0.39 is 6.10 Å². The first kappa shape index (κ1) is 20.2. The van der Waals surface area contributed by atoms with Crippen LogP contribution >= 0.6 is 27.5 Å². The number of ketones is 1. The molecule has 3 rings (SSSR count). The molecule has 1 aromatic carbocycles. The van der Waals surface area contributed by atoms with E-state index in [4.69, 9.17) is 10.5 Å². The Morgan fingerprint density at radius 2 is 2.04 bits per heavy atom. The lowest BCUT2D eigenvalue weighted by Gasteiger charge is -2.26. The van der Waals surface area contributed by atoms with E-state index in [1.807, 2.05) is 12.1 Å². The minimum absolute atomic E-state index is 0.176. The van der Waals surface area contributed by atoms with Crippen LogP contribution in [0.4, 0.5) is 0 Å². The minimum atomic E-state index is -0.690. The predicted octanol–water partition coefficient (Wildman–Crippen LogP) is 4.09. The van der Waals surface area contributed by atoms with Crippen LogP contribution in [-0.2, 0) is 4.74 Å². The fraction of sp³-hybridized carbons (Fsp3) is 0.400. The Bertz CT molecular complexity index is 872. The summed E-state index contributed by atoms with van der Waals surface area (Å²) in [6.45, 7) is 2.50. The molecule has 1 aliphatic carbocycles. The number of halogens is 1. The quantitative estimate of drug-likeness (QED) is 0.633. The summed E-state index contributed by atoms with van der Waals surface area (Å²) in [4.78, 5) is 24.7. The number of nitrogens with two attached hydrogens (primary N) is 1. The number of aromatic nitrogens is 1. The van der Waals surface area contributed by atoms with Gasteiger partial charge in [-0.2, -0.15) is 0 Å². The summed E-state index contributed by atoms with van der Waals surface area (Å²) in [5.41, 5.74) is 7.40.